The molecule has 0 aliphatic carbocycles. The summed E-state index contributed by atoms with van der Waals surface area (Å²) in [6, 6.07) is 1.89. The molecular weight excluding hydrogens is 190 g/mol. The van der Waals surface area contributed by atoms with Crippen molar-refractivity contribution < 1.29 is 0 Å². The van der Waals surface area contributed by atoms with E-state index in [2.05, 4.69) is 14.6 Å². The summed E-state index contributed by atoms with van der Waals surface area (Å²) < 4.78 is 3.99. The van der Waals surface area contributed by atoms with Gasteiger partial charge in [-0.25, -0.2) is 4.98 Å². The molecule has 0 radical (unpaired) electrons. The van der Waals surface area contributed by atoms with Crippen molar-refractivity contribution >= 4 is 5.82 Å². The normalized spacial score (nSPS) is 10.7. The van der Waals surface area contributed by atoms with Crippen LogP contribution in [0.4, 0.5) is 5.82 Å². The number of aromatic nitrogens is 4. The summed E-state index contributed by atoms with van der Waals surface area (Å²) in [5.74, 6) is 0.593. The van der Waals surface area contributed by atoms with Gasteiger partial charge in [0, 0.05) is 37.2 Å². The van der Waals surface area contributed by atoms with E-state index < -0.39 is 0 Å². The summed E-state index contributed by atoms with van der Waals surface area (Å²) >= 11 is 0. The highest BCUT2D eigenvalue weighted by Crippen LogP contribution is 2.05. The second kappa shape index (κ2) is 4.16. The third-order valence-electron chi connectivity index (χ3n) is 2.35. The van der Waals surface area contributed by atoms with Gasteiger partial charge in [-0.1, -0.05) is 0 Å². The third kappa shape index (κ3) is 2.37. The lowest BCUT2D eigenvalue weighted by atomic mass is 10.4. The molecule has 2 heterocycles. The maximum absolute atomic E-state index is 5.60. The fraction of sp³-hybridized carbons (Fsp3) is 0.400. The molecule has 0 amide bonds. The monoisotopic (exact) mass is 205 g/mol. The third-order valence-corrected chi connectivity index (χ3v) is 2.35. The van der Waals surface area contributed by atoms with Crippen molar-refractivity contribution in [1.82, 2.24) is 19.3 Å². The maximum Gasteiger partial charge on any atom is 0.145 e. The fourth-order valence-electron chi connectivity index (χ4n) is 1.58. The lowest BCUT2D eigenvalue weighted by molar-refractivity contribution is 0.519. The lowest BCUT2D eigenvalue weighted by Gasteiger charge is -2.04. The Morgan fingerprint density at radius 3 is 2.87 bits per heavy atom. The first-order chi connectivity index (χ1) is 7.25. The first-order valence-corrected chi connectivity index (χ1v) is 5.01. The SMILES string of the molecule is Cc1cc(N)nn1CCCn1ccnc1. The largest absolute Gasteiger partial charge is 0.382 e. The van der Waals surface area contributed by atoms with E-state index in [4.69, 9.17) is 5.73 Å². The van der Waals surface area contributed by atoms with Crippen LogP contribution in [-0.2, 0) is 13.1 Å². The van der Waals surface area contributed by atoms with Crippen LogP contribution in [0, 0.1) is 6.92 Å². The summed E-state index contributed by atoms with van der Waals surface area (Å²) in [6.07, 6.45) is 6.60. The van der Waals surface area contributed by atoms with Crippen LogP contribution in [0.5, 0.6) is 0 Å². The molecule has 0 bridgehead atoms. The van der Waals surface area contributed by atoms with E-state index >= 15 is 0 Å². The highest BCUT2D eigenvalue weighted by Gasteiger charge is 2.00. The molecule has 0 spiro atoms. The minimum atomic E-state index is 0.593. The Balaban J connectivity index is 1.86. The summed E-state index contributed by atoms with van der Waals surface area (Å²) in [7, 11) is 0. The predicted octanol–water partition coefficient (Wildman–Crippen LogP) is 1.06. The van der Waals surface area contributed by atoms with E-state index in [-0.39, 0.29) is 0 Å². The quantitative estimate of drug-likeness (QED) is 0.811. The summed E-state index contributed by atoms with van der Waals surface area (Å²) in [5.41, 5.74) is 6.71. The van der Waals surface area contributed by atoms with Gasteiger partial charge in [0.25, 0.3) is 0 Å². The van der Waals surface area contributed by atoms with E-state index in [1.807, 2.05) is 30.2 Å². The molecule has 2 aromatic heterocycles. The zero-order chi connectivity index (χ0) is 10.7. The van der Waals surface area contributed by atoms with Gasteiger partial charge in [0.05, 0.1) is 6.33 Å². The van der Waals surface area contributed by atoms with Crippen LogP contribution in [0.1, 0.15) is 12.1 Å². The minimum Gasteiger partial charge on any atom is -0.382 e. The molecule has 0 atom stereocenters. The molecule has 2 N–H and O–H groups in total. The van der Waals surface area contributed by atoms with Gasteiger partial charge in [0.1, 0.15) is 5.82 Å². The van der Waals surface area contributed by atoms with E-state index in [1.165, 1.54) is 0 Å². The van der Waals surface area contributed by atoms with E-state index in [0.29, 0.717) is 5.82 Å². The van der Waals surface area contributed by atoms with Crippen LogP contribution >= 0.6 is 0 Å². The molecule has 0 saturated carbocycles. The average molecular weight is 205 g/mol. The number of nitrogens with two attached hydrogens (primary N) is 1. The number of imidazole rings is 1. The smallest absolute Gasteiger partial charge is 0.145 e. The Morgan fingerprint density at radius 2 is 2.27 bits per heavy atom. The molecule has 0 fully saturated rings. The van der Waals surface area contributed by atoms with Gasteiger partial charge in [-0.05, 0) is 13.3 Å². The molecule has 5 nitrogen and oxygen atoms in total. The van der Waals surface area contributed by atoms with Crippen molar-refractivity contribution in [3.05, 3.63) is 30.5 Å². The van der Waals surface area contributed by atoms with Crippen molar-refractivity contribution in [2.24, 2.45) is 0 Å². The first-order valence-electron chi connectivity index (χ1n) is 5.01. The minimum absolute atomic E-state index is 0.593. The molecule has 2 aromatic rings. The van der Waals surface area contributed by atoms with Crippen LogP contribution in [-0.4, -0.2) is 19.3 Å². The molecule has 0 aliphatic rings. The van der Waals surface area contributed by atoms with Crippen molar-refractivity contribution in [2.75, 3.05) is 5.73 Å². The van der Waals surface area contributed by atoms with Gasteiger partial charge in [0.2, 0.25) is 0 Å². The summed E-state index contributed by atoms with van der Waals surface area (Å²) in [4.78, 5) is 3.99. The number of hydrogen-bond acceptors (Lipinski definition) is 3. The zero-order valence-electron chi connectivity index (χ0n) is 8.80. The molecule has 5 heteroatoms. The highest BCUT2D eigenvalue weighted by atomic mass is 15.3. The fourth-order valence-corrected chi connectivity index (χ4v) is 1.58. The number of aryl methyl sites for hydroxylation is 3. The Labute approximate surface area is 88.5 Å². The van der Waals surface area contributed by atoms with Crippen molar-refractivity contribution in [2.45, 2.75) is 26.4 Å². The standard InChI is InChI=1S/C10H15N5/c1-9-7-10(11)13-15(9)5-2-4-14-6-3-12-8-14/h3,6-8H,2,4-5H2,1H3,(H2,11,13). The Bertz CT molecular complexity index is 415. The number of hydrogen-bond donors (Lipinski definition) is 1. The Kier molecular flexibility index (Phi) is 2.71. The Hall–Kier alpha value is -1.78. The first kappa shape index (κ1) is 9.76. The van der Waals surface area contributed by atoms with Crippen LogP contribution in [0.15, 0.2) is 24.8 Å². The summed E-state index contributed by atoms with van der Waals surface area (Å²) in [6.45, 7) is 3.86. The molecule has 0 unspecified atom stereocenters. The molecule has 0 aliphatic heterocycles. The number of nitrogens with zero attached hydrogens (tertiary/aromatic N) is 4. The molecule has 0 saturated heterocycles. The van der Waals surface area contributed by atoms with Crippen LogP contribution in [0.25, 0.3) is 0 Å². The van der Waals surface area contributed by atoms with Crippen LogP contribution in [0.2, 0.25) is 0 Å². The van der Waals surface area contributed by atoms with Gasteiger partial charge < -0.3 is 10.3 Å². The molecular formula is C10H15N5. The topological polar surface area (TPSA) is 61.7 Å². The van der Waals surface area contributed by atoms with Gasteiger partial charge in [-0.2, -0.15) is 5.10 Å². The number of rotatable bonds is 4. The van der Waals surface area contributed by atoms with E-state index in [9.17, 15) is 0 Å². The number of anilines is 1. The predicted molar refractivity (Wildman–Crippen MR) is 58.2 cm³/mol. The second-order valence-corrected chi connectivity index (χ2v) is 3.59. The second-order valence-electron chi connectivity index (χ2n) is 3.59. The summed E-state index contributed by atoms with van der Waals surface area (Å²) in [5, 5.41) is 4.20. The van der Waals surface area contributed by atoms with Crippen molar-refractivity contribution in [1.29, 1.82) is 0 Å². The van der Waals surface area contributed by atoms with Gasteiger partial charge in [0.15, 0.2) is 0 Å². The van der Waals surface area contributed by atoms with E-state index in [1.54, 1.807) is 6.20 Å². The molecule has 0 aromatic carbocycles. The van der Waals surface area contributed by atoms with Crippen LogP contribution < -0.4 is 5.73 Å². The maximum atomic E-state index is 5.60. The molecule has 2 rings (SSSR count). The number of nitrogen functional groups attached to an aromatic ring is 1. The lowest BCUT2D eigenvalue weighted by Crippen LogP contribution is -2.06. The van der Waals surface area contributed by atoms with Crippen molar-refractivity contribution in [3.8, 4) is 0 Å². The molecule has 15 heavy (non-hydrogen) atoms. The van der Waals surface area contributed by atoms with Gasteiger partial charge in [-0.15, -0.1) is 0 Å². The molecule has 80 valence electrons. The van der Waals surface area contributed by atoms with Crippen LogP contribution in [0.3, 0.4) is 0 Å². The van der Waals surface area contributed by atoms with Crippen molar-refractivity contribution in [3.63, 3.8) is 0 Å². The Morgan fingerprint density at radius 1 is 1.40 bits per heavy atom. The average Bonchev–Trinajstić information content (AvgIpc) is 2.77. The highest BCUT2D eigenvalue weighted by molar-refractivity contribution is 5.28. The van der Waals surface area contributed by atoms with Gasteiger partial charge >= 0.3 is 0 Å². The van der Waals surface area contributed by atoms with E-state index in [0.717, 1.165) is 25.2 Å². The van der Waals surface area contributed by atoms with Gasteiger partial charge in [-0.3, -0.25) is 4.68 Å². The zero-order valence-corrected chi connectivity index (χ0v) is 8.80.